The molecule has 1 aromatic rings. The molecular formula is C15H25F3N4O2. The maximum atomic E-state index is 12.3. The Morgan fingerprint density at radius 2 is 1.71 bits per heavy atom. The molecule has 1 fully saturated rings. The van der Waals surface area contributed by atoms with Gasteiger partial charge in [-0.3, -0.25) is 15.0 Å². The highest BCUT2D eigenvalue weighted by atomic mass is 19.4. The van der Waals surface area contributed by atoms with Crippen LogP contribution in [0.5, 0.6) is 0 Å². The molecule has 0 amide bonds. The number of anilines is 1. The van der Waals surface area contributed by atoms with Crippen molar-refractivity contribution in [3.05, 3.63) is 28.4 Å². The van der Waals surface area contributed by atoms with E-state index < -0.39 is 17.6 Å². The zero-order chi connectivity index (χ0) is 18.8. The fourth-order valence-electron chi connectivity index (χ4n) is 2.08. The van der Waals surface area contributed by atoms with Crippen LogP contribution in [0.2, 0.25) is 0 Å². The molecule has 2 rings (SSSR count). The second-order valence-electron chi connectivity index (χ2n) is 4.51. The highest BCUT2D eigenvalue weighted by Crippen LogP contribution is 2.21. The summed E-state index contributed by atoms with van der Waals surface area (Å²) in [7, 11) is 0. The van der Waals surface area contributed by atoms with Gasteiger partial charge in [-0.1, -0.05) is 27.7 Å². The SMILES string of the molecule is CC.CC.O=[N+]([O-])c1ccnc(N2CCN(CC(F)(F)F)CC2)c1. The Balaban J connectivity index is 0.00000123. The quantitative estimate of drug-likeness (QED) is 0.614. The number of pyridine rings is 1. The number of aromatic nitrogens is 1. The van der Waals surface area contributed by atoms with Gasteiger partial charge < -0.3 is 4.90 Å². The van der Waals surface area contributed by atoms with Crippen LogP contribution in [-0.4, -0.2) is 53.7 Å². The zero-order valence-electron chi connectivity index (χ0n) is 14.5. The maximum absolute atomic E-state index is 12.3. The Morgan fingerprint density at radius 1 is 1.17 bits per heavy atom. The van der Waals surface area contributed by atoms with Crippen LogP contribution in [0.3, 0.4) is 0 Å². The van der Waals surface area contributed by atoms with Crippen molar-refractivity contribution in [2.24, 2.45) is 0 Å². The van der Waals surface area contributed by atoms with E-state index >= 15 is 0 Å². The summed E-state index contributed by atoms with van der Waals surface area (Å²) < 4.78 is 36.8. The van der Waals surface area contributed by atoms with Crippen LogP contribution in [-0.2, 0) is 0 Å². The molecule has 0 N–H and O–H groups in total. The first kappa shape index (κ1) is 22.1. The number of hydrogen-bond acceptors (Lipinski definition) is 5. The van der Waals surface area contributed by atoms with Crippen molar-refractivity contribution in [1.29, 1.82) is 0 Å². The third kappa shape index (κ3) is 7.58. The molecule has 138 valence electrons. The molecule has 9 heteroatoms. The largest absolute Gasteiger partial charge is 0.401 e. The second-order valence-corrected chi connectivity index (χ2v) is 4.51. The summed E-state index contributed by atoms with van der Waals surface area (Å²) in [5, 5.41) is 10.7. The number of nitrogens with zero attached hydrogens (tertiary/aromatic N) is 4. The van der Waals surface area contributed by atoms with Crippen molar-refractivity contribution in [3.8, 4) is 0 Å². The first-order valence-electron chi connectivity index (χ1n) is 8.00. The Kier molecular flexibility index (Phi) is 9.94. The van der Waals surface area contributed by atoms with Crippen LogP contribution in [0.15, 0.2) is 18.3 Å². The predicted molar refractivity (Wildman–Crippen MR) is 88.3 cm³/mol. The topological polar surface area (TPSA) is 62.5 Å². The molecule has 6 nitrogen and oxygen atoms in total. The molecule has 1 aromatic heterocycles. The van der Waals surface area contributed by atoms with E-state index in [4.69, 9.17) is 0 Å². The molecular weight excluding hydrogens is 325 g/mol. The van der Waals surface area contributed by atoms with E-state index in [1.807, 2.05) is 27.7 Å². The van der Waals surface area contributed by atoms with Gasteiger partial charge in [-0.15, -0.1) is 0 Å². The minimum absolute atomic E-state index is 0.0762. The van der Waals surface area contributed by atoms with Crippen molar-refractivity contribution >= 4 is 11.5 Å². The van der Waals surface area contributed by atoms with E-state index in [1.165, 1.54) is 23.2 Å². The Bertz CT molecular complexity index is 490. The molecule has 0 unspecified atom stereocenters. The third-order valence-electron chi connectivity index (χ3n) is 3.04. The van der Waals surface area contributed by atoms with Crippen LogP contribution >= 0.6 is 0 Å². The molecule has 0 atom stereocenters. The summed E-state index contributed by atoms with van der Waals surface area (Å²) in [5.74, 6) is 0.422. The Hall–Kier alpha value is -1.90. The van der Waals surface area contributed by atoms with Crippen molar-refractivity contribution < 1.29 is 18.1 Å². The van der Waals surface area contributed by atoms with E-state index in [-0.39, 0.29) is 18.8 Å². The molecule has 2 heterocycles. The number of halogens is 3. The maximum Gasteiger partial charge on any atom is 0.401 e. The normalized spacial score (nSPS) is 14.9. The standard InChI is InChI=1S/C11H13F3N4O2.2C2H6/c12-11(13,14)8-16-3-5-17(6-4-16)10-7-9(18(19)20)1-2-15-10;2*1-2/h1-2,7H,3-6,8H2;2*1-2H3. The average molecular weight is 350 g/mol. The van der Waals surface area contributed by atoms with Gasteiger partial charge in [0.15, 0.2) is 0 Å². The van der Waals surface area contributed by atoms with E-state index in [0.29, 0.717) is 18.9 Å². The molecule has 1 aliphatic rings. The van der Waals surface area contributed by atoms with E-state index in [1.54, 1.807) is 4.90 Å². The molecule has 0 radical (unpaired) electrons. The first-order valence-corrected chi connectivity index (χ1v) is 8.00. The molecule has 0 aromatic carbocycles. The molecule has 1 aliphatic heterocycles. The lowest BCUT2D eigenvalue weighted by atomic mass is 10.3. The lowest BCUT2D eigenvalue weighted by molar-refractivity contribution is -0.384. The molecule has 1 saturated heterocycles. The minimum atomic E-state index is -4.20. The highest BCUT2D eigenvalue weighted by molar-refractivity contribution is 5.46. The molecule has 0 aliphatic carbocycles. The molecule has 0 spiro atoms. The highest BCUT2D eigenvalue weighted by Gasteiger charge is 2.32. The summed E-state index contributed by atoms with van der Waals surface area (Å²) in [4.78, 5) is 17.2. The summed E-state index contributed by atoms with van der Waals surface area (Å²) in [6.07, 6.45) is -2.87. The van der Waals surface area contributed by atoms with Crippen LogP contribution in [0.1, 0.15) is 27.7 Å². The fourth-order valence-corrected chi connectivity index (χ4v) is 2.08. The molecule has 0 saturated carbocycles. The monoisotopic (exact) mass is 350 g/mol. The van der Waals surface area contributed by atoms with Gasteiger partial charge in [0, 0.05) is 38.4 Å². The van der Waals surface area contributed by atoms with Gasteiger partial charge in [-0.25, -0.2) is 4.98 Å². The average Bonchev–Trinajstić information content (AvgIpc) is 2.58. The summed E-state index contributed by atoms with van der Waals surface area (Å²) in [5.41, 5.74) is -0.0762. The minimum Gasteiger partial charge on any atom is -0.354 e. The number of nitro groups is 1. The zero-order valence-corrected chi connectivity index (χ0v) is 14.5. The van der Waals surface area contributed by atoms with Gasteiger partial charge >= 0.3 is 6.18 Å². The molecule has 0 bridgehead atoms. The third-order valence-corrected chi connectivity index (χ3v) is 3.04. The van der Waals surface area contributed by atoms with Crippen LogP contribution < -0.4 is 4.90 Å². The van der Waals surface area contributed by atoms with Crippen LogP contribution in [0.25, 0.3) is 0 Å². The first-order chi connectivity index (χ1) is 11.3. The summed E-state index contributed by atoms with van der Waals surface area (Å²) in [6, 6.07) is 2.61. The Morgan fingerprint density at radius 3 is 2.17 bits per heavy atom. The van der Waals surface area contributed by atoms with Crippen molar-refractivity contribution in [2.45, 2.75) is 33.9 Å². The predicted octanol–water partition coefficient (Wildman–Crippen LogP) is 3.73. The number of hydrogen-bond donors (Lipinski definition) is 0. The number of rotatable bonds is 3. The lowest BCUT2D eigenvalue weighted by Crippen LogP contribution is -2.49. The molecule has 24 heavy (non-hydrogen) atoms. The lowest BCUT2D eigenvalue weighted by Gasteiger charge is -2.35. The van der Waals surface area contributed by atoms with E-state index in [9.17, 15) is 23.3 Å². The van der Waals surface area contributed by atoms with Gasteiger partial charge in [0.2, 0.25) is 0 Å². The smallest absolute Gasteiger partial charge is 0.354 e. The van der Waals surface area contributed by atoms with Crippen LogP contribution in [0, 0.1) is 10.1 Å². The summed E-state index contributed by atoms with van der Waals surface area (Å²) in [6.45, 7) is 8.31. The van der Waals surface area contributed by atoms with Crippen LogP contribution in [0.4, 0.5) is 24.7 Å². The Labute approximate surface area is 140 Å². The van der Waals surface area contributed by atoms with Gasteiger partial charge in [-0.05, 0) is 0 Å². The van der Waals surface area contributed by atoms with Crippen molar-refractivity contribution in [1.82, 2.24) is 9.88 Å². The van der Waals surface area contributed by atoms with Gasteiger partial charge in [-0.2, -0.15) is 13.2 Å². The number of alkyl halides is 3. The van der Waals surface area contributed by atoms with Crippen molar-refractivity contribution in [3.63, 3.8) is 0 Å². The number of piperazine rings is 1. The van der Waals surface area contributed by atoms with Crippen molar-refractivity contribution in [2.75, 3.05) is 37.6 Å². The van der Waals surface area contributed by atoms with E-state index in [2.05, 4.69) is 4.98 Å². The van der Waals surface area contributed by atoms with E-state index in [0.717, 1.165) is 0 Å². The summed E-state index contributed by atoms with van der Waals surface area (Å²) >= 11 is 0. The fraction of sp³-hybridized carbons (Fsp3) is 0.667. The van der Waals surface area contributed by atoms with Gasteiger partial charge in [0.25, 0.3) is 5.69 Å². The second kappa shape index (κ2) is 10.8. The van der Waals surface area contributed by atoms with Gasteiger partial charge in [0.05, 0.1) is 17.5 Å². The van der Waals surface area contributed by atoms with Gasteiger partial charge in [0.1, 0.15) is 5.82 Å².